The first-order valence-corrected chi connectivity index (χ1v) is 6.78. The van der Waals surface area contributed by atoms with E-state index in [0.29, 0.717) is 52.7 Å². The van der Waals surface area contributed by atoms with E-state index in [9.17, 15) is 4.79 Å². The minimum absolute atomic E-state index is 0.113. The van der Waals surface area contributed by atoms with Gasteiger partial charge in [0.1, 0.15) is 6.61 Å². The van der Waals surface area contributed by atoms with Crippen molar-refractivity contribution in [2.24, 2.45) is 0 Å². The molecular weight excluding hydrogens is 250 g/mol. The average molecular weight is 277 g/mol. The molecular formula is C13H27NO5. The van der Waals surface area contributed by atoms with Crippen LogP contribution in [0.1, 0.15) is 13.3 Å². The van der Waals surface area contributed by atoms with Crippen LogP contribution in [0.2, 0.25) is 0 Å². The van der Waals surface area contributed by atoms with Gasteiger partial charge in [-0.15, -0.1) is 0 Å². The third kappa shape index (κ3) is 15.4. The van der Waals surface area contributed by atoms with Crippen LogP contribution in [0, 0.1) is 0 Å². The second-order valence-electron chi connectivity index (χ2n) is 3.89. The fourth-order valence-electron chi connectivity index (χ4n) is 1.12. The SMILES string of the molecule is CCC(=O)COCCOCCOCCOCCNC. The zero-order chi connectivity index (χ0) is 14.2. The first kappa shape index (κ1) is 18.5. The standard InChI is InChI=1S/C13H27NO5/c1-3-13(15)12-19-11-10-18-9-8-17-7-6-16-5-4-14-2/h14H,3-12H2,1-2H3. The summed E-state index contributed by atoms with van der Waals surface area (Å²) in [7, 11) is 1.89. The average Bonchev–Trinajstić information content (AvgIpc) is 2.43. The molecule has 0 bridgehead atoms. The number of carbonyl (C=O) groups is 1. The Morgan fingerprint density at radius 2 is 1.32 bits per heavy atom. The summed E-state index contributed by atoms with van der Waals surface area (Å²) in [5.41, 5.74) is 0. The van der Waals surface area contributed by atoms with E-state index in [0.717, 1.165) is 6.54 Å². The molecule has 114 valence electrons. The van der Waals surface area contributed by atoms with E-state index in [1.54, 1.807) is 0 Å². The van der Waals surface area contributed by atoms with Crippen LogP contribution in [0.25, 0.3) is 0 Å². The monoisotopic (exact) mass is 277 g/mol. The van der Waals surface area contributed by atoms with Gasteiger partial charge in [-0.25, -0.2) is 0 Å². The zero-order valence-electron chi connectivity index (χ0n) is 12.1. The summed E-state index contributed by atoms with van der Waals surface area (Å²) in [6.07, 6.45) is 0.519. The summed E-state index contributed by atoms with van der Waals surface area (Å²) in [5, 5.41) is 3.00. The lowest BCUT2D eigenvalue weighted by molar-refractivity contribution is -0.123. The van der Waals surface area contributed by atoms with Crippen molar-refractivity contribution in [2.75, 3.05) is 66.4 Å². The lowest BCUT2D eigenvalue weighted by Crippen LogP contribution is -2.17. The predicted molar refractivity (Wildman–Crippen MR) is 72.5 cm³/mol. The maximum absolute atomic E-state index is 10.9. The molecule has 1 N–H and O–H groups in total. The van der Waals surface area contributed by atoms with Gasteiger partial charge in [0, 0.05) is 13.0 Å². The molecule has 0 aromatic heterocycles. The summed E-state index contributed by atoms with van der Waals surface area (Å²) in [5.74, 6) is 0.113. The third-order valence-electron chi connectivity index (χ3n) is 2.27. The number of carbonyl (C=O) groups excluding carboxylic acids is 1. The number of ether oxygens (including phenoxy) is 4. The highest BCUT2D eigenvalue weighted by molar-refractivity contribution is 5.79. The first-order chi connectivity index (χ1) is 9.31. The lowest BCUT2D eigenvalue weighted by atomic mass is 10.3. The van der Waals surface area contributed by atoms with Gasteiger partial charge in [0.15, 0.2) is 5.78 Å². The molecule has 0 radical (unpaired) electrons. The maximum Gasteiger partial charge on any atom is 0.158 e. The van der Waals surface area contributed by atoms with Crippen molar-refractivity contribution in [1.29, 1.82) is 0 Å². The van der Waals surface area contributed by atoms with E-state index in [1.807, 2.05) is 14.0 Å². The van der Waals surface area contributed by atoms with Gasteiger partial charge < -0.3 is 24.3 Å². The van der Waals surface area contributed by atoms with Gasteiger partial charge in [0.05, 0.1) is 46.2 Å². The molecule has 0 rings (SSSR count). The largest absolute Gasteiger partial charge is 0.378 e. The molecule has 0 heterocycles. The molecule has 6 heteroatoms. The molecule has 0 amide bonds. The smallest absolute Gasteiger partial charge is 0.158 e. The Morgan fingerprint density at radius 3 is 1.79 bits per heavy atom. The molecule has 0 aliphatic carbocycles. The van der Waals surface area contributed by atoms with Crippen molar-refractivity contribution >= 4 is 5.78 Å². The second-order valence-corrected chi connectivity index (χ2v) is 3.89. The van der Waals surface area contributed by atoms with Gasteiger partial charge in [0.25, 0.3) is 0 Å². The topological polar surface area (TPSA) is 66.0 Å². The van der Waals surface area contributed by atoms with E-state index >= 15 is 0 Å². The first-order valence-electron chi connectivity index (χ1n) is 6.78. The van der Waals surface area contributed by atoms with Crippen LogP contribution in [0.4, 0.5) is 0 Å². The van der Waals surface area contributed by atoms with E-state index in [4.69, 9.17) is 18.9 Å². The molecule has 0 atom stereocenters. The van der Waals surface area contributed by atoms with Crippen LogP contribution in [0.3, 0.4) is 0 Å². The zero-order valence-corrected chi connectivity index (χ0v) is 12.1. The fraction of sp³-hybridized carbons (Fsp3) is 0.923. The minimum Gasteiger partial charge on any atom is -0.378 e. The molecule has 0 aromatic rings. The van der Waals surface area contributed by atoms with Crippen LogP contribution >= 0.6 is 0 Å². The molecule has 0 spiro atoms. The van der Waals surface area contributed by atoms with Crippen LogP contribution in [0.15, 0.2) is 0 Å². The van der Waals surface area contributed by atoms with Gasteiger partial charge in [-0.05, 0) is 7.05 Å². The highest BCUT2D eigenvalue weighted by Gasteiger charge is 1.97. The van der Waals surface area contributed by atoms with Crippen molar-refractivity contribution in [3.05, 3.63) is 0 Å². The molecule has 0 aliphatic heterocycles. The highest BCUT2D eigenvalue weighted by Crippen LogP contribution is 1.85. The van der Waals surface area contributed by atoms with E-state index in [1.165, 1.54) is 0 Å². The fourth-order valence-corrected chi connectivity index (χ4v) is 1.12. The van der Waals surface area contributed by atoms with Gasteiger partial charge in [-0.1, -0.05) is 6.92 Å². The number of ketones is 1. The Morgan fingerprint density at radius 1 is 0.842 bits per heavy atom. The summed E-state index contributed by atoms with van der Waals surface area (Å²) < 4.78 is 21.0. The summed E-state index contributed by atoms with van der Waals surface area (Å²) in [6, 6.07) is 0. The quantitative estimate of drug-likeness (QED) is 0.433. The highest BCUT2D eigenvalue weighted by atomic mass is 16.6. The Balaban J connectivity index is 2.97. The van der Waals surface area contributed by atoms with Crippen LogP contribution in [-0.2, 0) is 23.7 Å². The lowest BCUT2D eigenvalue weighted by Gasteiger charge is -2.07. The molecule has 0 saturated heterocycles. The molecule has 0 saturated carbocycles. The van der Waals surface area contributed by atoms with Crippen molar-refractivity contribution in [3.8, 4) is 0 Å². The number of hydrogen-bond donors (Lipinski definition) is 1. The molecule has 0 aliphatic rings. The van der Waals surface area contributed by atoms with E-state index in [2.05, 4.69) is 5.32 Å². The number of Topliss-reactive ketones (excluding diaryl/α,β-unsaturated/α-hetero) is 1. The van der Waals surface area contributed by atoms with Crippen molar-refractivity contribution in [3.63, 3.8) is 0 Å². The van der Waals surface area contributed by atoms with E-state index in [-0.39, 0.29) is 12.4 Å². The molecule has 0 unspecified atom stereocenters. The van der Waals surface area contributed by atoms with Crippen LogP contribution in [-0.4, -0.2) is 72.2 Å². The molecule has 0 aromatic carbocycles. The Labute approximate surface area is 115 Å². The second kappa shape index (κ2) is 15.5. The summed E-state index contributed by atoms with van der Waals surface area (Å²) in [4.78, 5) is 10.9. The number of likely N-dealkylation sites (N-methyl/N-ethyl adjacent to an activating group) is 1. The predicted octanol–water partition coefficient (Wildman–Crippen LogP) is 0.251. The molecule has 0 fully saturated rings. The number of rotatable bonds is 15. The van der Waals surface area contributed by atoms with Gasteiger partial charge in [-0.3, -0.25) is 4.79 Å². The van der Waals surface area contributed by atoms with Gasteiger partial charge >= 0.3 is 0 Å². The minimum atomic E-state index is 0.113. The van der Waals surface area contributed by atoms with E-state index < -0.39 is 0 Å². The Bertz CT molecular complexity index is 201. The Hall–Kier alpha value is -0.530. The van der Waals surface area contributed by atoms with Crippen molar-refractivity contribution in [2.45, 2.75) is 13.3 Å². The summed E-state index contributed by atoms with van der Waals surface area (Å²) in [6.45, 7) is 6.73. The number of nitrogens with one attached hydrogen (secondary N) is 1. The van der Waals surface area contributed by atoms with Crippen LogP contribution < -0.4 is 5.32 Å². The number of hydrogen-bond acceptors (Lipinski definition) is 6. The van der Waals surface area contributed by atoms with Crippen molar-refractivity contribution in [1.82, 2.24) is 5.32 Å². The molecule has 19 heavy (non-hydrogen) atoms. The van der Waals surface area contributed by atoms with Gasteiger partial charge in [0.2, 0.25) is 0 Å². The molecule has 6 nitrogen and oxygen atoms in total. The van der Waals surface area contributed by atoms with Crippen molar-refractivity contribution < 1.29 is 23.7 Å². The normalized spacial score (nSPS) is 10.8. The van der Waals surface area contributed by atoms with Crippen LogP contribution in [0.5, 0.6) is 0 Å². The summed E-state index contributed by atoms with van der Waals surface area (Å²) >= 11 is 0. The third-order valence-corrected chi connectivity index (χ3v) is 2.27. The van der Waals surface area contributed by atoms with Gasteiger partial charge in [-0.2, -0.15) is 0 Å². The Kier molecular flexibility index (Phi) is 15.1. The maximum atomic E-state index is 10.9.